The summed E-state index contributed by atoms with van der Waals surface area (Å²) in [5.74, 6) is 0.520. The van der Waals surface area contributed by atoms with Gasteiger partial charge in [-0.15, -0.1) is 0 Å². The molecule has 0 amide bonds. The van der Waals surface area contributed by atoms with E-state index in [2.05, 4.69) is 58.5 Å². The Morgan fingerprint density at radius 1 is 1.00 bits per heavy atom. The molecule has 4 N–H and O–H groups in total. The van der Waals surface area contributed by atoms with Crippen LogP contribution in [0.4, 0.5) is 10.9 Å². The summed E-state index contributed by atoms with van der Waals surface area (Å²) in [5.41, 5.74) is 11.4. The number of thiazole rings is 1. The molecule has 0 atom stereocenters. The molecule has 7 heteroatoms. The number of nitrogens with two attached hydrogens (primary N) is 1. The van der Waals surface area contributed by atoms with E-state index in [1.165, 1.54) is 11.1 Å². The molecule has 0 aliphatic carbocycles. The molecular formula is C25H29N5OS. The quantitative estimate of drug-likeness (QED) is 0.325. The van der Waals surface area contributed by atoms with Crippen molar-refractivity contribution in [1.82, 2.24) is 14.9 Å². The van der Waals surface area contributed by atoms with Crippen molar-refractivity contribution >= 4 is 32.5 Å². The van der Waals surface area contributed by atoms with Gasteiger partial charge >= 0.3 is 0 Å². The molecule has 0 aliphatic heterocycles. The first-order chi connectivity index (χ1) is 15.6. The van der Waals surface area contributed by atoms with Crippen molar-refractivity contribution in [3.05, 3.63) is 71.9 Å². The SMILES string of the molecule is CCCN(CCO)Cc1ccc(CNc2nc3ccc(-c4ccnc(N)c4)cc3s2)cc1. The molecular weight excluding hydrogens is 418 g/mol. The minimum absolute atomic E-state index is 0.197. The molecule has 4 aromatic rings. The molecule has 166 valence electrons. The molecule has 0 spiro atoms. The van der Waals surface area contributed by atoms with Gasteiger partial charge in [-0.25, -0.2) is 9.97 Å². The lowest BCUT2D eigenvalue weighted by Crippen LogP contribution is -2.27. The van der Waals surface area contributed by atoms with Crippen LogP contribution in [0.3, 0.4) is 0 Å². The predicted octanol–water partition coefficient (Wildman–Crippen LogP) is 4.76. The number of fused-ring (bicyclic) bond motifs is 1. The number of rotatable bonds is 10. The van der Waals surface area contributed by atoms with E-state index in [9.17, 15) is 5.11 Å². The maximum atomic E-state index is 9.24. The summed E-state index contributed by atoms with van der Waals surface area (Å²) in [4.78, 5) is 11.1. The normalized spacial score (nSPS) is 11.3. The number of nitrogens with one attached hydrogen (secondary N) is 1. The number of aromatic nitrogens is 2. The molecule has 6 nitrogen and oxygen atoms in total. The first-order valence-corrected chi connectivity index (χ1v) is 11.7. The maximum absolute atomic E-state index is 9.24. The number of pyridine rings is 1. The van der Waals surface area contributed by atoms with Gasteiger partial charge in [0.2, 0.25) is 0 Å². The van der Waals surface area contributed by atoms with Crippen molar-refractivity contribution < 1.29 is 5.11 Å². The molecule has 4 rings (SSSR count). The topological polar surface area (TPSA) is 87.3 Å². The van der Waals surface area contributed by atoms with Gasteiger partial charge in [-0.1, -0.05) is 48.6 Å². The second-order valence-electron chi connectivity index (χ2n) is 7.84. The molecule has 0 saturated heterocycles. The highest BCUT2D eigenvalue weighted by atomic mass is 32.1. The third kappa shape index (κ3) is 5.62. The predicted molar refractivity (Wildman–Crippen MR) is 134 cm³/mol. The summed E-state index contributed by atoms with van der Waals surface area (Å²) in [7, 11) is 0. The van der Waals surface area contributed by atoms with E-state index in [-0.39, 0.29) is 6.61 Å². The Hall–Kier alpha value is -3.00. The fraction of sp³-hybridized carbons (Fsp3) is 0.280. The summed E-state index contributed by atoms with van der Waals surface area (Å²) in [6.45, 7) is 5.66. The lowest BCUT2D eigenvalue weighted by Gasteiger charge is -2.20. The summed E-state index contributed by atoms with van der Waals surface area (Å²) in [5, 5.41) is 13.6. The van der Waals surface area contributed by atoms with Gasteiger partial charge < -0.3 is 16.2 Å². The van der Waals surface area contributed by atoms with E-state index in [4.69, 9.17) is 10.7 Å². The van der Waals surface area contributed by atoms with Gasteiger partial charge in [0.05, 0.1) is 16.8 Å². The summed E-state index contributed by atoms with van der Waals surface area (Å²) < 4.78 is 1.13. The van der Waals surface area contributed by atoms with E-state index >= 15 is 0 Å². The second kappa shape index (κ2) is 10.5. The smallest absolute Gasteiger partial charge is 0.184 e. The van der Waals surface area contributed by atoms with Crippen LogP contribution >= 0.6 is 11.3 Å². The third-order valence-corrected chi connectivity index (χ3v) is 6.31. The van der Waals surface area contributed by atoms with Crippen LogP contribution in [0.2, 0.25) is 0 Å². The number of nitrogen functional groups attached to an aromatic ring is 1. The van der Waals surface area contributed by atoms with Crippen LogP contribution in [0.1, 0.15) is 24.5 Å². The lowest BCUT2D eigenvalue weighted by atomic mass is 10.1. The van der Waals surface area contributed by atoms with Crippen LogP contribution in [0.15, 0.2) is 60.8 Å². The van der Waals surface area contributed by atoms with Gasteiger partial charge in [-0.2, -0.15) is 0 Å². The Bertz CT molecular complexity index is 1150. The Labute approximate surface area is 192 Å². The van der Waals surface area contributed by atoms with E-state index in [0.717, 1.165) is 52.5 Å². The van der Waals surface area contributed by atoms with Crippen molar-refractivity contribution in [1.29, 1.82) is 0 Å². The van der Waals surface area contributed by atoms with Crippen molar-refractivity contribution in [3.8, 4) is 11.1 Å². The van der Waals surface area contributed by atoms with Crippen molar-refractivity contribution in [2.75, 3.05) is 30.7 Å². The zero-order chi connectivity index (χ0) is 22.3. The molecule has 0 radical (unpaired) electrons. The van der Waals surface area contributed by atoms with Gasteiger partial charge in [-0.05, 0) is 59.5 Å². The second-order valence-corrected chi connectivity index (χ2v) is 8.87. The molecule has 2 aromatic carbocycles. The fourth-order valence-corrected chi connectivity index (χ4v) is 4.63. The van der Waals surface area contributed by atoms with Crippen molar-refractivity contribution in [2.45, 2.75) is 26.4 Å². The number of benzene rings is 2. The standard InChI is InChI=1S/C25H29N5OS/c1-2-11-30(12-13-31)17-19-5-3-18(4-6-19)16-28-25-29-22-8-7-20(14-23(22)32-25)21-9-10-27-24(26)15-21/h3-10,14-15,31H,2,11-13,16-17H2,1H3,(H2,26,27)(H,28,29). The summed E-state index contributed by atoms with van der Waals surface area (Å²) in [6, 6.07) is 18.8. The maximum Gasteiger partial charge on any atom is 0.184 e. The molecule has 0 fully saturated rings. The van der Waals surface area contributed by atoms with Crippen LogP contribution in [0, 0.1) is 0 Å². The third-order valence-electron chi connectivity index (χ3n) is 5.33. The number of hydrogen-bond donors (Lipinski definition) is 3. The molecule has 32 heavy (non-hydrogen) atoms. The van der Waals surface area contributed by atoms with Crippen LogP contribution in [0.5, 0.6) is 0 Å². The average Bonchev–Trinajstić information content (AvgIpc) is 3.21. The van der Waals surface area contributed by atoms with Gasteiger partial charge in [0, 0.05) is 25.8 Å². The highest BCUT2D eigenvalue weighted by Gasteiger charge is 2.08. The largest absolute Gasteiger partial charge is 0.395 e. The molecule has 0 bridgehead atoms. The lowest BCUT2D eigenvalue weighted by molar-refractivity contribution is 0.190. The van der Waals surface area contributed by atoms with E-state index in [0.29, 0.717) is 12.4 Å². The molecule has 2 heterocycles. The highest BCUT2D eigenvalue weighted by Crippen LogP contribution is 2.31. The first kappa shape index (κ1) is 22.2. The zero-order valence-electron chi connectivity index (χ0n) is 18.3. The Morgan fingerprint density at radius 2 is 1.78 bits per heavy atom. The first-order valence-electron chi connectivity index (χ1n) is 10.9. The summed E-state index contributed by atoms with van der Waals surface area (Å²) in [6.07, 6.45) is 2.82. The van der Waals surface area contributed by atoms with Crippen molar-refractivity contribution in [2.24, 2.45) is 0 Å². The van der Waals surface area contributed by atoms with Crippen LogP contribution < -0.4 is 11.1 Å². The number of hydrogen-bond acceptors (Lipinski definition) is 7. The number of aliphatic hydroxyl groups is 1. The average molecular weight is 448 g/mol. The molecule has 0 aliphatic rings. The van der Waals surface area contributed by atoms with Crippen LogP contribution in [-0.2, 0) is 13.1 Å². The molecule has 0 saturated carbocycles. The monoisotopic (exact) mass is 447 g/mol. The minimum Gasteiger partial charge on any atom is -0.395 e. The van der Waals surface area contributed by atoms with Crippen LogP contribution in [-0.4, -0.2) is 39.7 Å². The number of anilines is 2. The Morgan fingerprint density at radius 3 is 2.53 bits per heavy atom. The van der Waals surface area contributed by atoms with E-state index in [1.807, 2.05) is 18.2 Å². The molecule has 0 unspecified atom stereocenters. The minimum atomic E-state index is 0.197. The molecule has 2 aromatic heterocycles. The Kier molecular flexibility index (Phi) is 7.32. The fourth-order valence-electron chi connectivity index (χ4n) is 3.73. The number of aliphatic hydroxyl groups excluding tert-OH is 1. The van der Waals surface area contributed by atoms with Crippen molar-refractivity contribution in [3.63, 3.8) is 0 Å². The van der Waals surface area contributed by atoms with Gasteiger partial charge in [0.15, 0.2) is 5.13 Å². The van der Waals surface area contributed by atoms with Gasteiger partial charge in [0.25, 0.3) is 0 Å². The highest BCUT2D eigenvalue weighted by molar-refractivity contribution is 7.22. The number of nitrogens with zero attached hydrogens (tertiary/aromatic N) is 3. The zero-order valence-corrected chi connectivity index (χ0v) is 19.1. The van der Waals surface area contributed by atoms with Crippen LogP contribution in [0.25, 0.3) is 21.3 Å². The van der Waals surface area contributed by atoms with Gasteiger partial charge in [-0.3, -0.25) is 4.90 Å². The van der Waals surface area contributed by atoms with Gasteiger partial charge in [0.1, 0.15) is 5.82 Å². The van der Waals surface area contributed by atoms with E-state index < -0.39 is 0 Å². The Balaban J connectivity index is 1.39. The van der Waals surface area contributed by atoms with E-state index in [1.54, 1.807) is 17.5 Å². The summed E-state index contributed by atoms with van der Waals surface area (Å²) >= 11 is 1.65.